The molecule has 0 radical (unpaired) electrons. The Kier molecular flexibility index (Phi) is 5.04. The van der Waals surface area contributed by atoms with Gasteiger partial charge in [0.05, 0.1) is 0 Å². The molecule has 0 spiro atoms. The summed E-state index contributed by atoms with van der Waals surface area (Å²) < 4.78 is 0. The lowest BCUT2D eigenvalue weighted by Crippen LogP contribution is -2.18. The van der Waals surface area contributed by atoms with Crippen LogP contribution in [0.5, 0.6) is 5.75 Å². The lowest BCUT2D eigenvalue weighted by atomic mass is 9.77. The Bertz CT molecular complexity index is 846. The minimum atomic E-state index is -0.104. The van der Waals surface area contributed by atoms with Crippen molar-refractivity contribution in [1.29, 1.82) is 0 Å². The molecule has 126 valence electrons. The maximum Gasteiger partial charge on any atom is 0.119 e. The largest absolute Gasteiger partial charge is 0.508 e. The van der Waals surface area contributed by atoms with E-state index >= 15 is 0 Å². The van der Waals surface area contributed by atoms with E-state index in [-0.39, 0.29) is 5.41 Å². The van der Waals surface area contributed by atoms with Gasteiger partial charge in [-0.1, -0.05) is 98.8 Å². The molecule has 25 heavy (non-hydrogen) atoms. The number of allylic oxidation sites excluding steroid dienone is 1. The Labute approximate surface area is 150 Å². The first-order chi connectivity index (χ1) is 12.1. The molecule has 0 aliphatic carbocycles. The van der Waals surface area contributed by atoms with Gasteiger partial charge in [-0.15, -0.1) is 0 Å². The van der Waals surface area contributed by atoms with Crippen molar-refractivity contribution >= 4 is 6.08 Å². The van der Waals surface area contributed by atoms with Crippen LogP contribution in [0, 0.1) is 0 Å². The van der Waals surface area contributed by atoms with Crippen molar-refractivity contribution < 1.29 is 5.11 Å². The molecule has 0 atom stereocenters. The molecule has 0 amide bonds. The number of benzene rings is 3. The highest BCUT2D eigenvalue weighted by Crippen LogP contribution is 2.33. The highest BCUT2D eigenvalue weighted by molar-refractivity contribution is 5.51. The van der Waals surface area contributed by atoms with Gasteiger partial charge in [0.2, 0.25) is 0 Å². The van der Waals surface area contributed by atoms with E-state index in [2.05, 4.69) is 68.5 Å². The third kappa shape index (κ3) is 4.00. The van der Waals surface area contributed by atoms with E-state index in [1.54, 1.807) is 0 Å². The number of hydrogen-bond donors (Lipinski definition) is 1. The molecular formula is C24H24O. The third-order valence-electron chi connectivity index (χ3n) is 4.74. The van der Waals surface area contributed by atoms with Crippen molar-refractivity contribution in [3.8, 4) is 5.75 Å². The summed E-state index contributed by atoms with van der Waals surface area (Å²) >= 11 is 0. The molecule has 3 aromatic carbocycles. The highest BCUT2D eigenvalue weighted by atomic mass is 16.3. The summed E-state index contributed by atoms with van der Waals surface area (Å²) in [6.45, 7) is 4.44. The summed E-state index contributed by atoms with van der Waals surface area (Å²) in [5, 5.41) is 10.2. The van der Waals surface area contributed by atoms with Gasteiger partial charge < -0.3 is 5.11 Å². The zero-order chi connectivity index (χ0) is 17.7. The van der Waals surface area contributed by atoms with E-state index < -0.39 is 0 Å². The molecule has 0 aliphatic rings. The Morgan fingerprint density at radius 3 is 2.12 bits per heavy atom. The average Bonchev–Trinajstić information content (AvgIpc) is 2.65. The van der Waals surface area contributed by atoms with Gasteiger partial charge in [0.1, 0.15) is 5.75 Å². The predicted molar refractivity (Wildman–Crippen MR) is 106 cm³/mol. The zero-order valence-corrected chi connectivity index (χ0v) is 14.8. The predicted octanol–water partition coefficient (Wildman–Crippen LogP) is 5.97. The van der Waals surface area contributed by atoms with Crippen molar-refractivity contribution in [2.24, 2.45) is 0 Å². The first kappa shape index (κ1) is 17.0. The fourth-order valence-corrected chi connectivity index (χ4v) is 3.05. The standard InChI is InChI=1S/C24H24O/c1-24(2,21-14-7-4-8-15-21)22-16-17-23(25)20(18-22)13-9-12-19-10-5-3-6-11-19/h3-12,14-18,25H,13H2,1-2H3. The average molecular weight is 328 g/mol. The number of rotatable bonds is 5. The Hall–Kier alpha value is -2.80. The van der Waals surface area contributed by atoms with Crippen LogP contribution in [0.1, 0.15) is 36.1 Å². The van der Waals surface area contributed by atoms with Gasteiger partial charge in [-0.25, -0.2) is 0 Å². The van der Waals surface area contributed by atoms with E-state index in [0.29, 0.717) is 12.2 Å². The van der Waals surface area contributed by atoms with E-state index in [9.17, 15) is 5.11 Å². The van der Waals surface area contributed by atoms with Crippen molar-refractivity contribution in [2.75, 3.05) is 0 Å². The van der Waals surface area contributed by atoms with Gasteiger partial charge in [-0.3, -0.25) is 0 Å². The minimum absolute atomic E-state index is 0.104. The van der Waals surface area contributed by atoms with Gasteiger partial charge in [0, 0.05) is 5.41 Å². The van der Waals surface area contributed by atoms with Crippen molar-refractivity contribution in [2.45, 2.75) is 25.7 Å². The maximum absolute atomic E-state index is 10.2. The molecule has 1 N–H and O–H groups in total. The van der Waals surface area contributed by atoms with Crippen molar-refractivity contribution in [1.82, 2.24) is 0 Å². The molecule has 3 aromatic rings. The van der Waals surface area contributed by atoms with Crippen LogP contribution in [0.3, 0.4) is 0 Å². The second kappa shape index (κ2) is 7.40. The lowest BCUT2D eigenvalue weighted by molar-refractivity contribution is 0.468. The number of phenolic OH excluding ortho intramolecular Hbond substituents is 1. The van der Waals surface area contributed by atoms with Gasteiger partial charge in [-0.05, 0) is 34.7 Å². The number of hydrogen-bond acceptors (Lipinski definition) is 1. The van der Waals surface area contributed by atoms with Crippen molar-refractivity contribution in [3.63, 3.8) is 0 Å². The monoisotopic (exact) mass is 328 g/mol. The van der Waals surface area contributed by atoms with Crippen LogP contribution in [-0.2, 0) is 11.8 Å². The SMILES string of the molecule is CC(C)(c1ccccc1)c1ccc(O)c(CC=Cc2ccccc2)c1. The van der Waals surface area contributed by atoms with E-state index in [1.165, 1.54) is 16.7 Å². The molecular weight excluding hydrogens is 304 g/mol. The van der Waals surface area contributed by atoms with Crippen LogP contribution in [0.2, 0.25) is 0 Å². The van der Waals surface area contributed by atoms with Gasteiger partial charge >= 0.3 is 0 Å². The molecule has 0 unspecified atom stereocenters. The lowest BCUT2D eigenvalue weighted by Gasteiger charge is -2.26. The van der Waals surface area contributed by atoms with E-state index in [1.807, 2.05) is 36.4 Å². The summed E-state index contributed by atoms with van der Waals surface area (Å²) in [6.07, 6.45) is 4.90. The summed E-state index contributed by atoms with van der Waals surface area (Å²) in [5.41, 5.74) is 4.50. The van der Waals surface area contributed by atoms with Crippen LogP contribution in [-0.4, -0.2) is 5.11 Å². The fraction of sp³-hybridized carbons (Fsp3) is 0.167. The second-order valence-corrected chi connectivity index (χ2v) is 6.85. The summed E-state index contributed by atoms with van der Waals surface area (Å²) in [6, 6.07) is 26.7. The molecule has 3 rings (SSSR count). The second-order valence-electron chi connectivity index (χ2n) is 6.85. The van der Waals surface area contributed by atoms with Crippen LogP contribution in [0.4, 0.5) is 0 Å². The normalized spacial score (nSPS) is 11.8. The summed E-state index contributed by atoms with van der Waals surface area (Å²) in [7, 11) is 0. The van der Waals surface area contributed by atoms with E-state index in [4.69, 9.17) is 0 Å². The minimum Gasteiger partial charge on any atom is -0.508 e. The van der Waals surface area contributed by atoms with Gasteiger partial charge in [0.25, 0.3) is 0 Å². The summed E-state index contributed by atoms with van der Waals surface area (Å²) in [4.78, 5) is 0. The smallest absolute Gasteiger partial charge is 0.119 e. The highest BCUT2D eigenvalue weighted by Gasteiger charge is 2.23. The number of phenols is 1. The molecule has 0 heterocycles. The van der Waals surface area contributed by atoms with Crippen LogP contribution in [0.25, 0.3) is 6.08 Å². The Morgan fingerprint density at radius 2 is 1.44 bits per heavy atom. The van der Waals surface area contributed by atoms with Crippen LogP contribution < -0.4 is 0 Å². The first-order valence-corrected chi connectivity index (χ1v) is 8.67. The molecule has 0 fully saturated rings. The topological polar surface area (TPSA) is 20.2 Å². The molecule has 0 aromatic heterocycles. The molecule has 1 heteroatoms. The maximum atomic E-state index is 10.2. The Balaban J connectivity index is 1.84. The quantitative estimate of drug-likeness (QED) is 0.611. The van der Waals surface area contributed by atoms with Crippen LogP contribution >= 0.6 is 0 Å². The van der Waals surface area contributed by atoms with Gasteiger partial charge in [-0.2, -0.15) is 0 Å². The number of aromatic hydroxyl groups is 1. The van der Waals surface area contributed by atoms with E-state index in [0.717, 1.165) is 5.56 Å². The zero-order valence-electron chi connectivity index (χ0n) is 14.8. The first-order valence-electron chi connectivity index (χ1n) is 8.67. The van der Waals surface area contributed by atoms with Gasteiger partial charge in [0.15, 0.2) is 0 Å². The third-order valence-corrected chi connectivity index (χ3v) is 4.74. The fourth-order valence-electron chi connectivity index (χ4n) is 3.05. The summed E-state index contributed by atoms with van der Waals surface area (Å²) in [5.74, 6) is 0.352. The molecule has 1 nitrogen and oxygen atoms in total. The molecule has 0 saturated carbocycles. The molecule has 0 saturated heterocycles. The van der Waals surface area contributed by atoms with Crippen molar-refractivity contribution in [3.05, 3.63) is 107 Å². The molecule has 0 aliphatic heterocycles. The van der Waals surface area contributed by atoms with Crippen LogP contribution in [0.15, 0.2) is 84.9 Å². The Morgan fingerprint density at radius 1 is 0.800 bits per heavy atom. The molecule has 0 bridgehead atoms.